The fourth-order valence-corrected chi connectivity index (χ4v) is 4.19. The molecule has 0 saturated carbocycles. The predicted molar refractivity (Wildman–Crippen MR) is 139 cm³/mol. The van der Waals surface area contributed by atoms with Crippen LogP contribution in [0.3, 0.4) is 0 Å². The number of aryl methyl sites for hydroxylation is 1. The summed E-state index contributed by atoms with van der Waals surface area (Å²) in [4.78, 5) is 28.7. The lowest BCUT2D eigenvalue weighted by Crippen LogP contribution is -2.52. The molecule has 178 valence electrons. The summed E-state index contributed by atoms with van der Waals surface area (Å²) in [6.07, 6.45) is 0.601. The maximum Gasteiger partial charge on any atom is 0.243 e. The third-order valence-corrected chi connectivity index (χ3v) is 6.22. The molecular formula is C28H30Cl2N2O2. The zero-order valence-electron chi connectivity index (χ0n) is 19.7. The zero-order chi connectivity index (χ0) is 24.7. The highest BCUT2D eigenvalue weighted by Gasteiger charge is 2.30. The second-order valence-corrected chi connectivity index (χ2v) is 9.62. The van der Waals surface area contributed by atoms with Gasteiger partial charge in [0.2, 0.25) is 11.8 Å². The highest BCUT2D eigenvalue weighted by Crippen LogP contribution is 2.24. The third-order valence-electron chi connectivity index (χ3n) is 5.48. The van der Waals surface area contributed by atoms with Gasteiger partial charge >= 0.3 is 0 Å². The van der Waals surface area contributed by atoms with E-state index >= 15 is 0 Å². The normalized spacial score (nSPS) is 11.8. The topological polar surface area (TPSA) is 49.4 Å². The molecule has 0 aliphatic carbocycles. The van der Waals surface area contributed by atoms with E-state index in [2.05, 4.69) is 5.32 Å². The number of carbonyl (C=O) groups excluding carboxylic acids is 2. The molecule has 3 aromatic carbocycles. The molecule has 0 bridgehead atoms. The number of halogens is 2. The van der Waals surface area contributed by atoms with E-state index in [9.17, 15) is 9.59 Å². The van der Waals surface area contributed by atoms with E-state index in [1.807, 2.05) is 81.4 Å². The Morgan fingerprint density at radius 2 is 1.56 bits per heavy atom. The quantitative estimate of drug-likeness (QED) is 0.394. The second-order valence-electron chi connectivity index (χ2n) is 8.80. The van der Waals surface area contributed by atoms with E-state index in [0.717, 1.165) is 22.3 Å². The van der Waals surface area contributed by atoms with Crippen molar-refractivity contribution in [2.45, 2.75) is 52.2 Å². The van der Waals surface area contributed by atoms with Crippen LogP contribution in [0.5, 0.6) is 0 Å². The van der Waals surface area contributed by atoms with Gasteiger partial charge in [0.25, 0.3) is 0 Å². The lowest BCUT2D eigenvalue weighted by molar-refractivity contribution is -0.141. The molecule has 0 saturated heterocycles. The van der Waals surface area contributed by atoms with Crippen molar-refractivity contribution in [2.75, 3.05) is 0 Å². The Bertz CT molecular complexity index is 1130. The van der Waals surface area contributed by atoms with E-state index in [4.69, 9.17) is 23.2 Å². The van der Waals surface area contributed by atoms with Gasteiger partial charge < -0.3 is 10.2 Å². The van der Waals surface area contributed by atoms with Crippen LogP contribution in [0.2, 0.25) is 10.0 Å². The van der Waals surface area contributed by atoms with Crippen LogP contribution in [0.15, 0.2) is 72.8 Å². The van der Waals surface area contributed by atoms with Gasteiger partial charge in [-0.1, -0.05) is 89.4 Å². The minimum absolute atomic E-state index is 0.0514. The molecule has 3 rings (SSSR count). The smallest absolute Gasteiger partial charge is 0.243 e. The number of nitrogens with zero attached hydrogens (tertiary/aromatic N) is 1. The summed E-state index contributed by atoms with van der Waals surface area (Å²) >= 11 is 12.4. The van der Waals surface area contributed by atoms with Gasteiger partial charge in [0, 0.05) is 19.0 Å². The molecule has 3 aromatic rings. The molecule has 0 fully saturated rings. The van der Waals surface area contributed by atoms with Crippen molar-refractivity contribution < 1.29 is 9.59 Å². The molecule has 1 unspecified atom stereocenters. The molecule has 4 nitrogen and oxygen atoms in total. The summed E-state index contributed by atoms with van der Waals surface area (Å²) in [5.41, 5.74) is 3.78. The van der Waals surface area contributed by atoms with Crippen LogP contribution in [-0.2, 0) is 29.0 Å². The lowest BCUT2D eigenvalue weighted by Gasteiger charge is -2.32. The van der Waals surface area contributed by atoms with E-state index in [-0.39, 0.29) is 30.8 Å². The number of nitrogens with one attached hydrogen (secondary N) is 1. The molecular weight excluding hydrogens is 467 g/mol. The van der Waals surface area contributed by atoms with Crippen molar-refractivity contribution in [2.24, 2.45) is 0 Å². The van der Waals surface area contributed by atoms with Crippen molar-refractivity contribution >= 4 is 35.0 Å². The summed E-state index contributed by atoms with van der Waals surface area (Å²) in [6, 6.07) is 22.2. The molecule has 6 heteroatoms. The first kappa shape index (κ1) is 25.8. The molecule has 0 aliphatic heterocycles. The summed E-state index contributed by atoms with van der Waals surface area (Å²) in [5, 5.41) is 3.86. The van der Waals surface area contributed by atoms with Crippen molar-refractivity contribution in [3.05, 3.63) is 105 Å². The van der Waals surface area contributed by atoms with Gasteiger partial charge in [-0.25, -0.2) is 0 Å². The molecule has 1 N–H and O–H groups in total. The molecule has 0 aliphatic rings. The summed E-state index contributed by atoms with van der Waals surface area (Å²) in [5.74, 6) is -0.312. The van der Waals surface area contributed by atoms with Gasteiger partial charge in [0.05, 0.1) is 16.5 Å². The molecule has 0 spiro atoms. The third kappa shape index (κ3) is 7.34. The first-order valence-corrected chi connectivity index (χ1v) is 12.1. The predicted octanol–water partition coefficient (Wildman–Crippen LogP) is 6.01. The highest BCUT2D eigenvalue weighted by molar-refractivity contribution is 6.42. The number of amides is 2. The maximum atomic E-state index is 13.7. The number of hydrogen-bond acceptors (Lipinski definition) is 2. The van der Waals surface area contributed by atoms with Crippen molar-refractivity contribution in [3.63, 3.8) is 0 Å². The SMILES string of the molecule is Cc1cccc(CC(=O)N(Cc2ccc(Cl)c(Cl)c2)C(Cc2ccccc2)C(=O)NC(C)C)c1. The summed E-state index contributed by atoms with van der Waals surface area (Å²) in [7, 11) is 0. The van der Waals surface area contributed by atoms with Crippen LogP contribution in [0, 0.1) is 6.92 Å². The van der Waals surface area contributed by atoms with E-state index in [0.29, 0.717) is 16.5 Å². The average Bonchev–Trinajstić information content (AvgIpc) is 2.78. The molecule has 1 atom stereocenters. The molecule has 0 radical (unpaired) electrons. The average molecular weight is 497 g/mol. The van der Waals surface area contributed by atoms with Gasteiger partial charge in [-0.3, -0.25) is 9.59 Å². The fraction of sp³-hybridized carbons (Fsp3) is 0.286. The Labute approximate surface area is 211 Å². The largest absolute Gasteiger partial charge is 0.352 e. The Morgan fingerprint density at radius 3 is 2.21 bits per heavy atom. The van der Waals surface area contributed by atoms with Gasteiger partial charge in [0.15, 0.2) is 0 Å². The lowest BCUT2D eigenvalue weighted by atomic mass is 10.0. The van der Waals surface area contributed by atoms with Gasteiger partial charge in [-0.15, -0.1) is 0 Å². The standard InChI is InChI=1S/C28H30Cl2N2O2/c1-19(2)31-28(34)26(16-21-9-5-4-6-10-21)32(18-23-12-13-24(29)25(30)15-23)27(33)17-22-11-7-8-20(3)14-22/h4-15,19,26H,16-18H2,1-3H3,(H,31,34). The van der Waals surface area contributed by atoms with Crippen LogP contribution < -0.4 is 5.32 Å². The van der Waals surface area contributed by atoms with E-state index in [1.165, 1.54) is 0 Å². The highest BCUT2D eigenvalue weighted by atomic mass is 35.5. The molecule has 0 aromatic heterocycles. The van der Waals surface area contributed by atoms with Crippen LogP contribution in [0.1, 0.15) is 36.1 Å². The van der Waals surface area contributed by atoms with Crippen LogP contribution in [0.25, 0.3) is 0 Å². The number of hydrogen-bond donors (Lipinski definition) is 1. The number of rotatable bonds is 9. The van der Waals surface area contributed by atoms with Crippen LogP contribution >= 0.6 is 23.2 Å². The van der Waals surface area contributed by atoms with Gasteiger partial charge in [-0.2, -0.15) is 0 Å². The maximum absolute atomic E-state index is 13.7. The summed E-state index contributed by atoms with van der Waals surface area (Å²) in [6.45, 7) is 6.06. The fourth-order valence-electron chi connectivity index (χ4n) is 3.87. The number of benzene rings is 3. The zero-order valence-corrected chi connectivity index (χ0v) is 21.2. The van der Waals surface area contributed by atoms with Crippen molar-refractivity contribution in [1.82, 2.24) is 10.2 Å². The minimum Gasteiger partial charge on any atom is -0.352 e. The first-order valence-electron chi connectivity index (χ1n) is 11.4. The Kier molecular flexibility index (Phi) is 9.14. The van der Waals surface area contributed by atoms with E-state index < -0.39 is 6.04 Å². The van der Waals surface area contributed by atoms with Crippen LogP contribution in [0.4, 0.5) is 0 Å². The second kappa shape index (κ2) is 12.0. The van der Waals surface area contributed by atoms with Crippen molar-refractivity contribution in [3.8, 4) is 0 Å². The number of carbonyl (C=O) groups is 2. The Balaban J connectivity index is 1.99. The molecule has 0 heterocycles. The van der Waals surface area contributed by atoms with E-state index in [1.54, 1.807) is 17.0 Å². The van der Waals surface area contributed by atoms with Gasteiger partial charge in [0.1, 0.15) is 6.04 Å². The monoisotopic (exact) mass is 496 g/mol. The molecule has 34 heavy (non-hydrogen) atoms. The molecule has 2 amide bonds. The summed E-state index contributed by atoms with van der Waals surface area (Å²) < 4.78 is 0. The van der Waals surface area contributed by atoms with Gasteiger partial charge in [-0.05, 0) is 49.6 Å². The minimum atomic E-state index is -0.684. The van der Waals surface area contributed by atoms with Crippen LogP contribution in [-0.4, -0.2) is 28.8 Å². The van der Waals surface area contributed by atoms with Crippen molar-refractivity contribution in [1.29, 1.82) is 0 Å². The first-order chi connectivity index (χ1) is 16.2. The Hall–Kier alpha value is -2.82. The Morgan fingerprint density at radius 1 is 0.853 bits per heavy atom.